The van der Waals surface area contributed by atoms with Gasteiger partial charge in [0.05, 0.1) is 6.10 Å². The Morgan fingerprint density at radius 2 is 1.79 bits per heavy atom. The van der Waals surface area contributed by atoms with Gasteiger partial charge in [-0.1, -0.05) is 37.1 Å². The zero-order chi connectivity index (χ0) is 16.8. The van der Waals surface area contributed by atoms with Crippen molar-refractivity contribution < 1.29 is 9.90 Å². The summed E-state index contributed by atoms with van der Waals surface area (Å²) in [5.74, 6) is 0. The van der Waals surface area contributed by atoms with Crippen LogP contribution in [0.5, 0.6) is 0 Å². The Morgan fingerprint density at radius 3 is 2.46 bits per heavy atom. The Hall–Kier alpha value is -1.59. The Balaban J connectivity index is 1.55. The number of likely N-dealkylation sites (tertiary alicyclic amines) is 2. The van der Waals surface area contributed by atoms with Crippen molar-refractivity contribution in [3.05, 3.63) is 35.4 Å². The van der Waals surface area contributed by atoms with Crippen molar-refractivity contribution in [1.29, 1.82) is 0 Å². The van der Waals surface area contributed by atoms with Crippen molar-refractivity contribution in [2.45, 2.75) is 51.3 Å². The standard InChI is InChI=1S/C19H29N3O2/c23-18-9-12-21(15-18)14-17-8-4-3-7-16(17)13-20-19(24)22-10-5-1-2-6-11-22/h3-4,7-8,18,23H,1-2,5-6,9-15H2,(H,20,24)/t18-/m0/s1. The highest BCUT2D eigenvalue weighted by Crippen LogP contribution is 2.17. The predicted octanol–water partition coefficient (Wildman–Crippen LogP) is 2.34. The summed E-state index contributed by atoms with van der Waals surface area (Å²) in [6.07, 6.45) is 5.35. The molecule has 2 aliphatic heterocycles. The predicted molar refractivity (Wildman–Crippen MR) is 94.6 cm³/mol. The molecular formula is C19H29N3O2. The molecule has 2 saturated heterocycles. The second-order valence-electron chi connectivity index (χ2n) is 7.01. The van der Waals surface area contributed by atoms with Crippen molar-refractivity contribution in [2.75, 3.05) is 26.2 Å². The summed E-state index contributed by atoms with van der Waals surface area (Å²) in [7, 11) is 0. The van der Waals surface area contributed by atoms with Gasteiger partial charge in [-0.3, -0.25) is 4.90 Å². The van der Waals surface area contributed by atoms with E-state index in [1.54, 1.807) is 0 Å². The maximum Gasteiger partial charge on any atom is 0.317 e. The van der Waals surface area contributed by atoms with Gasteiger partial charge in [0, 0.05) is 39.3 Å². The summed E-state index contributed by atoms with van der Waals surface area (Å²) in [5, 5.41) is 12.8. The third-order valence-corrected chi connectivity index (χ3v) is 5.08. The Bertz CT molecular complexity index is 541. The molecule has 2 N–H and O–H groups in total. The lowest BCUT2D eigenvalue weighted by Gasteiger charge is -2.22. The van der Waals surface area contributed by atoms with Gasteiger partial charge in [0.15, 0.2) is 0 Å². The van der Waals surface area contributed by atoms with Crippen LogP contribution >= 0.6 is 0 Å². The van der Waals surface area contributed by atoms with Gasteiger partial charge in [0.25, 0.3) is 0 Å². The summed E-state index contributed by atoms with van der Waals surface area (Å²) in [4.78, 5) is 16.6. The summed E-state index contributed by atoms with van der Waals surface area (Å²) in [6.45, 7) is 4.84. The van der Waals surface area contributed by atoms with Crippen LogP contribution in [-0.4, -0.2) is 53.2 Å². The molecule has 24 heavy (non-hydrogen) atoms. The molecule has 0 radical (unpaired) electrons. The van der Waals surface area contributed by atoms with Crippen LogP contribution in [0.1, 0.15) is 43.2 Å². The van der Waals surface area contributed by atoms with E-state index in [4.69, 9.17) is 0 Å². The molecule has 2 aliphatic rings. The lowest BCUT2D eigenvalue weighted by molar-refractivity contribution is 0.174. The number of urea groups is 1. The number of carbonyl (C=O) groups excluding carboxylic acids is 1. The smallest absolute Gasteiger partial charge is 0.317 e. The summed E-state index contributed by atoms with van der Waals surface area (Å²) in [5.41, 5.74) is 2.41. The molecule has 1 aromatic carbocycles. The monoisotopic (exact) mass is 331 g/mol. The van der Waals surface area contributed by atoms with E-state index in [-0.39, 0.29) is 12.1 Å². The number of hydrogen-bond acceptors (Lipinski definition) is 3. The normalized spacial score (nSPS) is 22.4. The zero-order valence-corrected chi connectivity index (χ0v) is 14.4. The second kappa shape index (κ2) is 8.49. The number of aliphatic hydroxyl groups excluding tert-OH is 1. The summed E-state index contributed by atoms with van der Waals surface area (Å²) >= 11 is 0. The molecule has 2 amide bonds. The molecule has 1 aromatic rings. The van der Waals surface area contributed by atoms with E-state index >= 15 is 0 Å². The van der Waals surface area contributed by atoms with Gasteiger partial charge < -0.3 is 15.3 Å². The fraction of sp³-hybridized carbons (Fsp3) is 0.632. The summed E-state index contributed by atoms with van der Waals surface area (Å²) in [6, 6.07) is 8.34. The molecule has 132 valence electrons. The minimum atomic E-state index is -0.195. The molecule has 5 nitrogen and oxygen atoms in total. The first-order valence-electron chi connectivity index (χ1n) is 9.22. The van der Waals surface area contributed by atoms with E-state index in [2.05, 4.69) is 22.3 Å². The maximum atomic E-state index is 12.4. The molecule has 1 atom stereocenters. The number of carbonyl (C=O) groups is 1. The largest absolute Gasteiger partial charge is 0.392 e. The molecule has 0 aromatic heterocycles. The number of nitrogens with one attached hydrogen (secondary N) is 1. The fourth-order valence-electron chi connectivity index (χ4n) is 3.64. The number of β-amino-alcohol motifs (C(OH)–C–C–N with tert-alkyl or cyclic N) is 1. The van der Waals surface area contributed by atoms with E-state index in [0.29, 0.717) is 6.54 Å². The quantitative estimate of drug-likeness (QED) is 0.890. The highest BCUT2D eigenvalue weighted by atomic mass is 16.3. The topological polar surface area (TPSA) is 55.8 Å². The first kappa shape index (κ1) is 17.2. The molecule has 0 bridgehead atoms. The van der Waals surface area contributed by atoms with Gasteiger partial charge in [-0.05, 0) is 30.4 Å². The van der Waals surface area contributed by atoms with Crippen molar-refractivity contribution in [2.24, 2.45) is 0 Å². The average Bonchev–Trinajstić information content (AvgIpc) is 2.84. The molecule has 0 unspecified atom stereocenters. The van der Waals surface area contributed by atoms with Gasteiger partial charge in [-0.15, -0.1) is 0 Å². The van der Waals surface area contributed by atoms with Crippen LogP contribution in [0.4, 0.5) is 4.79 Å². The average molecular weight is 331 g/mol. The Labute approximate surface area is 144 Å². The minimum Gasteiger partial charge on any atom is -0.392 e. The van der Waals surface area contributed by atoms with Crippen LogP contribution in [0.2, 0.25) is 0 Å². The third kappa shape index (κ3) is 4.71. The van der Waals surface area contributed by atoms with E-state index in [1.807, 2.05) is 17.0 Å². The number of aliphatic hydroxyl groups is 1. The van der Waals surface area contributed by atoms with Crippen LogP contribution < -0.4 is 5.32 Å². The zero-order valence-electron chi connectivity index (χ0n) is 14.4. The van der Waals surface area contributed by atoms with Crippen LogP contribution in [0.15, 0.2) is 24.3 Å². The Morgan fingerprint density at radius 1 is 1.08 bits per heavy atom. The SMILES string of the molecule is O=C(NCc1ccccc1CN1CC[C@H](O)C1)N1CCCCCC1. The highest BCUT2D eigenvalue weighted by Gasteiger charge is 2.21. The fourth-order valence-corrected chi connectivity index (χ4v) is 3.64. The molecular weight excluding hydrogens is 302 g/mol. The molecule has 2 heterocycles. The molecule has 5 heteroatoms. The molecule has 2 fully saturated rings. The molecule has 0 aliphatic carbocycles. The van der Waals surface area contributed by atoms with E-state index in [9.17, 15) is 9.90 Å². The lowest BCUT2D eigenvalue weighted by atomic mass is 10.1. The van der Waals surface area contributed by atoms with Crippen LogP contribution in [0.25, 0.3) is 0 Å². The van der Waals surface area contributed by atoms with Gasteiger partial charge in [0.2, 0.25) is 0 Å². The van der Waals surface area contributed by atoms with Crippen molar-refractivity contribution in [3.63, 3.8) is 0 Å². The third-order valence-electron chi connectivity index (χ3n) is 5.08. The van der Waals surface area contributed by atoms with Crippen molar-refractivity contribution >= 4 is 6.03 Å². The molecule has 3 rings (SSSR count). The van der Waals surface area contributed by atoms with Crippen LogP contribution in [0, 0.1) is 0 Å². The van der Waals surface area contributed by atoms with Crippen molar-refractivity contribution in [1.82, 2.24) is 15.1 Å². The number of rotatable bonds is 4. The molecule has 0 saturated carbocycles. The minimum absolute atomic E-state index is 0.0586. The van der Waals surface area contributed by atoms with Crippen molar-refractivity contribution in [3.8, 4) is 0 Å². The number of nitrogens with zero attached hydrogens (tertiary/aromatic N) is 2. The maximum absolute atomic E-state index is 12.4. The van der Waals surface area contributed by atoms with Crippen LogP contribution in [0.3, 0.4) is 0 Å². The number of amides is 2. The second-order valence-corrected chi connectivity index (χ2v) is 7.01. The number of hydrogen-bond donors (Lipinski definition) is 2. The first-order chi connectivity index (χ1) is 11.7. The number of benzene rings is 1. The van der Waals surface area contributed by atoms with E-state index < -0.39 is 0 Å². The molecule has 0 spiro atoms. The summed E-state index contributed by atoms with van der Waals surface area (Å²) < 4.78 is 0. The first-order valence-corrected chi connectivity index (χ1v) is 9.22. The van der Waals surface area contributed by atoms with E-state index in [0.717, 1.165) is 52.0 Å². The van der Waals surface area contributed by atoms with Gasteiger partial charge in [0.1, 0.15) is 0 Å². The van der Waals surface area contributed by atoms with Gasteiger partial charge >= 0.3 is 6.03 Å². The highest BCUT2D eigenvalue weighted by molar-refractivity contribution is 5.74. The van der Waals surface area contributed by atoms with Gasteiger partial charge in [-0.2, -0.15) is 0 Å². The van der Waals surface area contributed by atoms with E-state index in [1.165, 1.54) is 24.0 Å². The van der Waals surface area contributed by atoms with Crippen LogP contribution in [-0.2, 0) is 13.1 Å². The van der Waals surface area contributed by atoms with Gasteiger partial charge in [-0.25, -0.2) is 4.79 Å². The Kier molecular flexibility index (Phi) is 6.10. The lowest BCUT2D eigenvalue weighted by Crippen LogP contribution is -2.40.